The molecule has 0 unspecified atom stereocenters. The summed E-state index contributed by atoms with van der Waals surface area (Å²) in [4.78, 5) is 27.5. The van der Waals surface area contributed by atoms with Crippen molar-refractivity contribution in [1.29, 1.82) is 0 Å². The molecule has 0 bridgehead atoms. The number of anilines is 1. The summed E-state index contributed by atoms with van der Waals surface area (Å²) in [7, 11) is -1.44. The van der Waals surface area contributed by atoms with Crippen LogP contribution in [0.1, 0.15) is 11.1 Å². The van der Waals surface area contributed by atoms with Crippen LogP contribution in [-0.4, -0.2) is 68.9 Å². The quantitative estimate of drug-likeness (QED) is 0.759. The standard InChI is InChI=1S/C16H21N3O4S/c1-17-14-4-3-12(9-13(14)11-15(17)20)10-16(21)18-5-7-19(8-6-18)24(2,22)23/h3-4,9H,5-8,10-11H2,1-2H3. The summed E-state index contributed by atoms with van der Waals surface area (Å²) >= 11 is 0. The third-order valence-corrected chi connectivity index (χ3v) is 5.94. The molecular weight excluding hydrogens is 330 g/mol. The number of likely N-dealkylation sites (N-methyl/N-ethyl adjacent to an activating group) is 1. The highest BCUT2D eigenvalue weighted by Crippen LogP contribution is 2.28. The minimum absolute atomic E-state index is 0.0132. The van der Waals surface area contributed by atoms with Gasteiger partial charge >= 0.3 is 0 Å². The lowest BCUT2D eigenvalue weighted by Crippen LogP contribution is -2.50. The molecule has 0 atom stereocenters. The monoisotopic (exact) mass is 351 g/mol. The maximum absolute atomic E-state index is 12.4. The lowest BCUT2D eigenvalue weighted by Gasteiger charge is -2.33. The zero-order valence-electron chi connectivity index (χ0n) is 13.9. The zero-order valence-corrected chi connectivity index (χ0v) is 14.7. The summed E-state index contributed by atoms with van der Waals surface area (Å²) in [6.45, 7) is 1.51. The van der Waals surface area contributed by atoms with E-state index in [0.29, 0.717) is 32.6 Å². The largest absolute Gasteiger partial charge is 0.340 e. The van der Waals surface area contributed by atoms with Gasteiger partial charge in [-0.2, -0.15) is 4.31 Å². The number of carbonyl (C=O) groups excluding carboxylic acids is 2. The predicted octanol–water partition coefficient (Wildman–Crippen LogP) is -0.148. The second-order valence-corrected chi connectivity index (χ2v) is 8.29. The number of amides is 2. The smallest absolute Gasteiger partial charge is 0.231 e. The Morgan fingerprint density at radius 1 is 1.17 bits per heavy atom. The average molecular weight is 351 g/mol. The molecule has 1 aromatic rings. The minimum atomic E-state index is -3.19. The normalized spacial score (nSPS) is 18.8. The molecule has 2 aliphatic rings. The zero-order chi connectivity index (χ0) is 17.5. The Labute approximate surface area is 141 Å². The van der Waals surface area contributed by atoms with Gasteiger partial charge in [0.2, 0.25) is 21.8 Å². The minimum Gasteiger partial charge on any atom is -0.340 e. The Bertz CT molecular complexity index is 783. The van der Waals surface area contributed by atoms with E-state index in [2.05, 4.69) is 0 Å². The lowest BCUT2D eigenvalue weighted by atomic mass is 10.1. The van der Waals surface area contributed by atoms with Crippen LogP contribution in [0.3, 0.4) is 0 Å². The lowest BCUT2D eigenvalue weighted by molar-refractivity contribution is -0.131. The number of piperazine rings is 1. The number of rotatable bonds is 3. The molecule has 0 radical (unpaired) electrons. The second kappa shape index (κ2) is 6.18. The molecule has 130 valence electrons. The van der Waals surface area contributed by atoms with E-state index in [0.717, 1.165) is 16.8 Å². The fourth-order valence-corrected chi connectivity index (χ4v) is 4.02. The first-order valence-electron chi connectivity index (χ1n) is 7.87. The summed E-state index contributed by atoms with van der Waals surface area (Å²) in [5.41, 5.74) is 2.74. The molecule has 1 saturated heterocycles. The predicted molar refractivity (Wildman–Crippen MR) is 90.3 cm³/mol. The molecule has 3 rings (SSSR count). The number of fused-ring (bicyclic) bond motifs is 1. The molecule has 8 heteroatoms. The second-order valence-electron chi connectivity index (χ2n) is 6.31. The number of benzene rings is 1. The first-order chi connectivity index (χ1) is 11.3. The first-order valence-corrected chi connectivity index (χ1v) is 9.72. The molecular formula is C16H21N3O4S. The van der Waals surface area contributed by atoms with E-state index in [-0.39, 0.29) is 18.2 Å². The van der Waals surface area contributed by atoms with E-state index < -0.39 is 10.0 Å². The fraction of sp³-hybridized carbons (Fsp3) is 0.500. The van der Waals surface area contributed by atoms with Gasteiger partial charge in [0.05, 0.1) is 19.1 Å². The van der Waals surface area contributed by atoms with Crippen LogP contribution in [0.4, 0.5) is 5.69 Å². The molecule has 2 heterocycles. The van der Waals surface area contributed by atoms with Gasteiger partial charge in [0.25, 0.3) is 0 Å². The summed E-state index contributed by atoms with van der Waals surface area (Å²) in [6, 6.07) is 5.67. The molecule has 2 aliphatic heterocycles. The molecule has 7 nitrogen and oxygen atoms in total. The van der Waals surface area contributed by atoms with Crippen molar-refractivity contribution in [3.05, 3.63) is 29.3 Å². The van der Waals surface area contributed by atoms with Crippen molar-refractivity contribution in [3.63, 3.8) is 0 Å². The van der Waals surface area contributed by atoms with Crippen LogP contribution < -0.4 is 4.90 Å². The Morgan fingerprint density at radius 2 is 1.83 bits per heavy atom. The van der Waals surface area contributed by atoms with Crippen molar-refractivity contribution in [2.45, 2.75) is 12.8 Å². The third kappa shape index (κ3) is 3.29. The fourth-order valence-electron chi connectivity index (χ4n) is 3.19. The molecule has 0 saturated carbocycles. The molecule has 2 amide bonds. The van der Waals surface area contributed by atoms with E-state index >= 15 is 0 Å². The maximum Gasteiger partial charge on any atom is 0.231 e. The van der Waals surface area contributed by atoms with Crippen LogP contribution in [-0.2, 0) is 32.5 Å². The number of sulfonamides is 1. The Kier molecular flexibility index (Phi) is 4.35. The van der Waals surface area contributed by atoms with Crippen LogP contribution in [0.15, 0.2) is 18.2 Å². The van der Waals surface area contributed by atoms with E-state index in [9.17, 15) is 18.0 Å². The van der Waals surface area contributed by atoms with Gasteiger partial charge in [0, 0.05) is 38.9 Å². The van der Waals surface area contributed by atoms with E-state index in [1.54, 1.807) is 16.8 Å². The molecule has 1 fully saturated rings. The SMILES string of the molecule is CN1C(=O)Cc2cc(CC(=O)N3CCN(S(C)(=O)=O)CC3)ccc21. The molecule has 0 spiro atoms. The number of carbonyl (C=O) groups is 2. The summed E-state index contributed by atoms with van der Waals surface area (Å²) in [5, 5.41) is 0. The average Bonchev–Trinajstić information content (AvgIpc) is 2.81. The molecule has 1 aromatic carbocycles. The Morgan fingerprint density at radius 3 is 2.46 bits per heavy atom. The number of hydrogen-bond donors (Lipinski definition) is 0. The van der Waals surface area contributed by atoms with Gasteiger partial charge in [-0.05, 0) is 17.2 Å². The topological polar surface area (TPSA) is 78.0 Å². The maximum atomic E-state index is 12.4. The summed E-state index contributed by atoms with van der Waals surface area (Å²) in [6.07, 6.45) is 1.83. The number of hydrogen-bond acceptors (Lipinski definition) is 4. The van der Waals surface area contributed by atoms with Crippen LogP contribution in [0.25, 0.3) is 0 Å². The number of nitrogens with zero attached hydrogens (tertiary/aromatic N) is 3. The summed E-state index contributed by atoms with van der Waals surface area (Å²) in [5.74, 6) is 0.0474. The van der Waals surface area contributed by atoms with Crippen molar-refractivity contribution in [2.24, 2.45) is 0 Å². The van der Waals surface area contributed by atoms with Crippen LogP contribution in [0.5, 0.6) is 0 Å². The summed E-state index contributed by atoms with van der Waals surface area (Å²) < 4.78 is 24.4. The van der Waals surface area contributed by atoms with Crippen LogP contribution >= 0.6 is 0 Å². The van der Waals surface area contributed by atoms with Crippen molar-refractivity contribution in [2.75, 3.05) is 44.4 Å². The van der Waals surface area contributed by atoms with Gasteiger partial charge < -0.3 is 9.80 Å². The van der Waals surface area contributed by atoms with E-state index in [1.165, 1.54) is 10.6 Å². The Hall–Kier alpha value is -1.93. The van der Waals surface area contributed by atoms with Gasteiger partial charge in [0.1, 0.15) is 0 Å². The van der Waals surface area contributed by atoms with Gasteiger partial charge in [-0.15, -0.1) is 0 Å². The molecule has 0 N–H and O–H groups in total. The van der Waals surface area contributed by atoms with Crippen molar-refractivity contribution in [1.82, 2.24) is 9.21 Å². The molecule has 0 aliphatic carbocycles. The van der Waals surface area contributed by atoms with Crippen molar-refractivity contribution < 1.29 is 18.0 Å². The highest BCUT2D eigenvalue weighted by Gasteiger charge is 2.27. The van der Waals surface area contributed by atoms with Gasteiger partial charge in [-0.1, -0.05) is 12.1 Å². The Balaban J connectivity index is 1.63. The van der Waals surface area contributed by atoms with Crippen molar-refractivity contribution >= 4 is 27.5 Å². The molecule has 0 aromatic heterocycles. The third-order valence-electron chi connectivity index (χ3n) is 4.64. The van der Waals surface area contributed by atoms with E-state index in [1.807, 2.05) is 18.2 Å². The first kappa shape index (κ1) is 16.9. The highest BCUT2D eigenvalue weighted by atomic mass is 32.2. The van der Waals surface area contributed by atoms with Gasteiger partial charge in [-0.25, -0.2) is 8.42 Å². The van der Waals surface area contributed by atoms with Gasteiger partial charge in [0.15, 0.2) is 0 Å². The highest BCUT2D eigenvalue weighted by molar-refractivity contribution is 7.88. The van der Waals surface area contributed by atoms with Crippen molar-refractivity contribution in [3.8, 4) is 0 Å². The van der Waals surface area contributed by atoms with Gasteiger partial charge in [-0.3, -0.25) is 9.59 Å². The van der Waals surface area contributed by atoms with Crippen LogP contribution in [0, 0.1) is 0 Å². The molecule has 24 heavy (non-hydrogen) atoms. The van der Waals surface area contributed by atoms with E-state index in [4.69, 9.17) is 0 Å². The van der Waals surface area contributed by atoms with Crippen LogP contribution in [0.2, 0.25) is 0 Å².